The summed E-state index contributed by atoms with van der Waals surface area (Å²) in [7, 11) is 0. The predicted molar refractivity (Wildman–Crippen MR) is 69.3 cm³/mol. The monoisotopic (exact) mass is 233 g/mol. The summed E-state index contributed by atoms with van der Waals surface area (Å²) in [6, 6.07) is 3.02. The van der Waals surface area contributed by atoms with Crippen molar-refractivity contribution in [3.63, 3.8) is 0 Å². The molecule has 1 saturated carbocycles. The van der Waals surface area contributed by atoms with E-state index in [-0.39, 0.29) is 0 Å². The van der Waals surface area contributed by atoms with Gasteiger partial charge in [0.25, 0.3) is 0 Å². The molecule has 3 heteroatoms. The highest BCUT2D eigenvalue weighted by Gasteiger charge is 2.25. The van der Waals surface area contributed by atoms with Crippen LogP contribution in [0.15, 0.2) is 6.07 Å². The number of piperidine rings is 1. The number of nitrogens with one attached hydrogen (secondary N) is 1. The van der Waals surface area contributed by atoms with Gasteiger partial charge < -0.3 is 5.32 Å². The number of nitrogens with zero attached hydrogens (tertiary/aromatic N) is 2. The maximum atomic E-state index is 4.76. The van der Waals surface area contributed by atoms with Gasteiger partial charge in [-0.05, 0) is 51.8 Å². The Labute approximate surface area is 104 Å². The van der Waals surface area contributed by atoms with Gasteiger partial charge >= 0.3 is 0 Å². The lowest BCUT2D eigenvalue weighted by Crippen LogP contribution is -2.28. The standard InChI is InChI=1S/C14H23N3/c1-11-10-14(12-6-8-15-9-7-12)17(16-11)13-4-2-3-5-13/h10,12-13,15H,2-9H2,1H3. The zero-order valence-electron chi connectivity index (χ0n) is 10.8. The molecular weight excluding hydrogens is 210 g/mol. The van der Waals surface area contributed by atoms with E-state index in [9.17, 15) is 0 Å². The van der Waals surface area contributed by atoms with Gasteiger partial charge in [0.1, 0.15) is 0 Å². The van der Waals surface area contributed by atoms with Gasteiger partial charge in [-0.25, -0.2) is 0 Å². The summed E-state index contributed by atoms with van der Waals surface area (Å²) in [5, 5.41) is 8.21. The first-order valence-corrected chi connectivity index (χ1v) is 7.11. The molecule has 0 atom stereocenters. The molecule has 1 aliphatic heterocycles. The molecule has 1 aromatic heterocycles. The Bertz CT molecular complexity index is 371. The van der Waals surface area contributed by atoms with Crippen LogP contribution in [0.3, 0.4) is 0 Å². The minimum Gasteiger partial charge on any atom is -0.317 e. The fourth-order valence-electron chi connectivity index (χ4n) is 3.40. The third-order valence-electron chi connectivity index (χ3n) is 4.31. The molecule has 0 spiro atoms. The van der Waals surface area contributed by atoms with Gasteiger partial charge in [-0.3, -0.25) is 4.68 Å². The molecule has 3 nitrogen and oxygen atoms in total. The average Bonchev–Trinajstić information content (AvgIpc) is 2.98. The summed E-state index contributed by atoms with van der Waals surface area (Å²) in [6.07, 6.45) is 7.98. The minimum absolute atomic E-state index is 0.689. The Kier molecular flexibility index (Phi) is 3.19. The van der Waals surface area contributed by atoms with Crippen LogP contribution in [-0.2, 0) is 0 Å². The molecule has 1 aliphatic carbocycles. The normalized spacial score (nSPS) is 23.4. The molecule has 2 aliphatic rings. The molecule has 0 unspecified atom stereocenters. The van der Waals surface area contributed by atoms with Crippen LogP contribution >= 0.6 is 0 Å². The van der Waals surface area contributed by atoms with Crippen molar-refractivity contribution in [1.29, 1.82) is 0 Å². The highest BCUT2D eigenvalue weighted by atomic mass is 15.3. The topological polar surface area (TPSA) is 29.9 Å². The molecule has 1 N–H and O–H groups in total. The van der Waals surface area contributed by atoms with Crippen LogP contribution in [-0.4, -0.2) is 22.9 Å². The fourth-order valence-corrected chi connectivity index (χ4v) is 3.40. The zero-order valence-corrected chi connectivity index (χ0v) is 10.8. The van der Waals surface area contributed by atoms with Crippen molar-refractivity contribution >= 4 is 0 Å². The Hall–Kier alpha value is -0.830. The van der Waals surface area contributed by atoms with E-state index in [2.05, 4.69) is 23.0 Å². The second-order valence-electron chi connectivity index (χ2n) is 5.62. The highest BCUT2D eigenvalue weighted by molar-refractivity contribution is 5.16. The van der Waals surface area contributed by atoms with Crippen molar-refractivity contribution in [1.82, 2.24) is 15.1 Å². The molecule has 1 saturated heterocycles. The van der Waals surface area contributed by atoms with Gasteiger partial charge in [-0.1, -0.05) is 12.8 Å². The van der Waals surface area contributed by atoms with E-state index in [1.165, 1.54) is 63.0 Å². The number of hydrogen-bond donors (Lipinski definition) is 1. The van der Waals surface area contributed by atoms with E-state index in [0.717, 1.165) is 5.92 Å². The van der Waals surface area contributed by atoms with Crippen molar-refractivity contribution in [2.75, 3.05) is 13.1 Å². The maximum absolute atomic E-state index is 4.76. The van der Waals surface area contributed by atoms with Crippen LogP contribution in [0.4, 0.5) is 0 Å². The van der Waals surface area contributed by atoms with E-state index in [4.69, 9.17) is 5.10 Å². The second-order valence-corrected chi connectivity index (χ2v) is 5.62. The van der Waals surface area contributed by atoms with E-state index in [1.54, 1.807) is 0 Å². The van der Waals surface area contributed by atoms with Crippen LogP contribution in [0.25, 0.3) is 0 Å². The third-order valence-corrected chi connectivity index (χ3v) is 4.31. The third kappa shape index (κ3) is 2.25. The molecule has 2 fully saturated rings. The van der Waals surface area contributed by atoms with Gasteiger partial charge in [0, 0.05) is 11.6 Å². The molecule has 1 aromatic rings. The largest absolute Gasteiger partial charge is 0.317 e. The smallest absolute Gasteiger partial charge is 0.0596 e. The van der Waals surface area contributed by atoms with E-state index in [1.807, 2.05) is 0 Å². The zero-order chi connectivity index (χ0) is 11.7. The lowest BCUT2D eigenvalue weighted by atomic mass is 9.94. The van der Waals surface area contributed by atoms with Gasteiger partial charge in [0.05, 0.1) is 11.7 Å². The van der Waals surface area contributed by atoms with Crippen molar-refractivity contribution < 1.29 is 0 Å². The number of aromatic nitrogens is 2. The first kappa shape index (κ1) is 11.3. The molecule has 17 heavy (non-hydrogen) atoms. The van der Waals surface area contributed by atoms with Gasteiger partial charge in [-0.2, -0.15) is 5.10 Å². The quantitative estimate of drug-likeness (QED) is 0.851. The minimum atomic E-state index is 0.689. The van der Waals surface area contributed by atoms with Crippen LogP contribution in [0.2, 0.25) is 0 Å². The highest BCUT2D eigenvalue weighted by Crippen LogP contribution is 2.34. The maximum Gasteiger partial charge on any atom is 0.0596 e. The predicted octanol–water partition coefficient (Wildman–Crippen LogP) is 2.77. The van der Waals surface area contributed by atoms with E-state index < -0.39 is 0 Å². The van der Waals surface area contributed by atoms with E-state index >= 15 is 0 Å². The molecular formula is C14H23N3. The van der Waals surface area contributed by atoms with Gasteiger partial charge in [0.15, 0.2) is 0 Å². The lowest BCUT2D eigenvalue weighted by molar-refractivity contribution is 0.392. The lowest BCUT2D eigenvalue weighted by Gasteiger charge is -2.25. The van der Waals surface area contributed by atoms with E-state index in [0.29, 0.717) is 6.04 Å². The fraction of sp³-hybridized carbons (Fsp3) is 0.786. The molecule has 0 amide bonds. The Morgan fingerprint density at radius 3 is 2.59 bits per heavy atom. The van der Waals surface area contributed by atoms with Crippen LogP contribution < -0.4 is 5.32 Å². The second kappa shape index (κ2) is 4.81. The molecule has 94 valence electrons. The summed E-state index contributed by atoms with van der Waals surface area (Å²) in [6.45, 7) is 4.47. The number of rotatable bonds is 2. The summed E-state index contributed by atoms with van der Waals surface area (Å²) in [4.78, 5) is 0. The molecule has 0 aromatic carbocycles. The van der Waals surface area contributed by atoms with Crippen LogP contribution in [0.5, 0.6) is 0 Å². The summed E-state index contributed by atoms with van der Waals surface area (Å²) in [5.74, 6) is 0.734. The Morgan fingerprint density at radius 2 is 1.88 bits per heavy atom. The molecule has 3 rings (SSSR count). The Balaban J connectivity index is 1.86. The number of hydrogen-bond acceptors (Lipinski definition) is 2. The molecule has 0 bridgehead atoms. The van der Waals surface area contributed by atoms with Crippen LogP contribution in [0, 0.1) is 6.92 Å². The number of aryl methyl sites for hydroxylation is 1. The van der Waals surface area contributed by atoms with Crippen molar-refractivity contribution in [2.45, 2.75) is 57.4 Å². The van der Waals surface area contributed by atoms with Gasteiger partial charge in [0.2, 0.25) is 0 Å². The summed E-state index contributed by atoms with van der Waals surface area (Å²) >= 11 is 0. The molecule has 2 heterocycles. The van der Waals surface area contributed by atoms with Crippen molar-refractivity contribution in [2.24, 2.45) is 0 Å². The van der Waals surface area contributed by atoms with Crippen molar-refractivity contribution in [3.8, 4) is 0 Å². The average molecular weight is 233 g/mol. The van der Waals surface area contributed by atoms with Crippen molar-refractivity contribution in [3.05, 3.63) is 17.5 Å². The summed E-state index contributed by atoms with van der Waals surface area (Å²) < 4.78 is 2.37. The van der Waals surface area contributed by atoms with Gasteiger partial charge in [-0.15, -0.1) is 0 Å². The molecule has 0 radical (unpaired) electrons. The van der Waals surface area contributed by atoms with Crippen LogP contribution in [0.1, 0.15) is 61.9 Å². The summed E-state index contributed by atoms with van der Waals surface area (Å²) in [5.41, 5.74) is 2.71. The first-order valence-electron chi connectivity index (χ1n) is 7.11. The first-order chi connectivity index (χ1) is 8.34. The SMILES string of the molecule is Cc1cc(C2CCNCC2)n(C2CCCC2)n1. The Morgan fingerprint density at radius 1 is 1.18 bits per heavy atom.